The van der Waals surface area contributed by atoms with E-state index in [2.05, 4.69) is 80.2 Å². The third-order valence-corrected chi connectivity index (χ3v) is 4.31. The van der Waals surface area contributed by atoms with Crippen LogP contribution >= 0.6 is 0 Å². The van der Waals surface area contributed by atoms with Crippen molar-refractivity contribution < 1.29 is 4.74 Å². The first-order chi connectivity index (χ1) is 11.0. The second kappa shape index (κ2) is 6.63. The lowest BCUT2D eigenvalue weighted by Gasteiger charge is -2.22. The first-order valence-electron chi connectivity index (χ1n) is 8.26. The van der Waals surface area contributed by atoms with Gasteiger partial charge in [-0.1, -0.05) is 29.8 Å². The van der Waals surface area contributed by atoms with Gasteiger partial charge in [0.1, 0.15) is 11.9 Å². The summed E-state index contributed by atoms with van der Waals surface area (Å²) in [7, 11) is 4.14. The summed E-state index contributed by atoms with van der Waals surface area (Å²) in [5.41, 5.74) is 5.16. The molecule has 0 fully saturated rings. The van der Waals surface area contributed by atoms with Crippen molar-refractivity contribution in [3.63, 3.8) is 0 Å². The predicted octanol–water partition coefficient (Wildman–Crippen LogP) is 3.84. The van der Waals surface area contributed by atoms with Crippen LogP contribution < -0.4 is 9.64 Å². The van der Waals surface area contributed by atoms with E-state index in [-0.39, 0.29) is 6.10 Å². The molecule has 3 nitrogen and oxygen atoms in total. The van der Waals surface area contributed by atoms with Crippen molar-refractivity contribution in [3.8, 4) is 5.75 Å². The topological polar surface area (TPSA) is 15.7 Å². The van der Waals surface area contributed by atoms with Gasteiger partial charge in [-0.25, -0.2) is 0 Å². The molecule has 2 aromatic carbocycles. The molecule has 0 bridgehead atoms. The Bertz CT molecular complexity index is 664. The number of aryl methyl sites for hydroxylation is 1. The minimum atomic E-state index is 0.208. The lowest BCUT2D eigenvalue weighted by atomic mass is 10.1. The Hall–Kier alpha value is -2.00. The SMILES string of the molecule is Cc1ccc2c(c1)CN(Cc1ccc(N(C)C)cc1)CC(C)O2. The highest BCUT2D eigenvalue weighted by molar-refractivity contribution is 5.46. The van der Waals surface area contributed by atoms with Crippen molar-refractivity contribution in [2.24, 2.45) is 0 Å². The van der Waals surface area contributed by atoms with Crippen LogP contribution in [0.5, 0.6) is 5.75 Å². The molecular weight excluding hydrogens is 284 g/mol. The number of fused-ring (bicyclic) bond motifs is 1. The number of rotatable bonds is 3. The second-order valence-electron chi connectivity index (χ2n) is 6.77. The molecule has 23 heavy (non-hydrogen) atoms. The number of benzene rings is 2. The molecule has 2 aromatic rings. The van der Waals surface area contributed by atoms with E-state index >= 15 is 0 Å². The molecule has 0 radical (unpaired) electrons. The maximum absolute atomic E-state index is 6.08. The van der Waals surface area contributed by atoms with Gasteiger partial charge in [0, 0.05) is 45.0 Å². The van der Waals surface area contributed by atoms with Gasteiger partial charge in [0.05, 0.1) is 0 Å². The van der Waals surface area contributed by atoms with Gasteiger partial charge in [0.25, 0.3) is 0 Å². The summed E-state index contributed by atoms with van der Waals surface area (Å²) in [5, 5.41) is 0. The smallest absolute Gasteiger partial charge is 0.124 e. The van der Waals surface area contributed by atoms with Crippen LogP contribution in [-0.2, 0) is 13.1 Å². The molecule has 1 atom stereocenters. The van der Waals surface area contributed by atoms with Crippen molar-refractivity contribution >= 4 is 5.69 Å². The molecule has 0 spiro atoms. The Kier molecular flexibility index (Phi) is 4.58. The van der Waals surface area contributed by atoms with Crippen LogP contribution in [-0.4, -0.2) is 31.6 Å². The molecule has 0 aliphatic carbocycles. The largest absolute Gasteiger partial charge is 0.489 e. The van der Waals surface area contributed by atoms with Crippen molar-refractivity contribution in [3.05, 3.63) is 59.2 Å². The highest BCUT2D eigenvalue weighted by Gasteiger charge is 2.20. The molecule has 122 valence electrons. The third-order valence-electron chi connectivity index (χ3n) is 4.31. The van der Waals surface area contributed by atoms with E-state index in [1.165, 1.54) is 22.4 Å². The molecule has 0 saturated heterocycles. The summed E-state index contributed by atoms with van der Waals surface area (Å²) in [5.74, 6) is 1.04. The van der Waals surface area contributed by atoms with Crippen LogP contribution in [0.4, 0.5) is 5.69 Å². The number of anilines is 1. The Morgan fingerprint density at radius 1 is 1.13 bits per heavy atom. The molecule has 1 aliphatic heterocycles. The Balaban J connectivity index is 1.77. The predicted molar refractivity (Wildman–Crippen MR) is 96.2 cm³/mol. The van der Waals surface area contributed by atoms with Crippen LogP contribution in [0, 0.1) is 6.92 Å². The zero-order chi connectivity index (χ0) is 16.4. The zero-order valence-corrected chi connectivity index (χ0v) is 14.5. The molecule has 0 amide bonds. The summed E-state index contributed by atoms with van der Waals surface area (Å²) in [6.45, 7) is 7.13. The second-order valence-corrected chi connectivity index (χ2v) is 6.77. The molecule has 0 N–H and O–H groups in total. The van der Waals surface area contributed by atoms with E-state index in [0.29, 0.717) is 0 Å². The fraction of sp³-hybridized carbons (Fsp3) is 0.400. The number of nitrogens with zero attached hydrogens (tertiary/aromatic N) is 2. The highest BCUT2D eigenvalue weighted by Crippen LogP contribution is 2.27. The minimum Gasteiger partial charge on any atom is -0.489 e. The van der Waals surface area contributed by atoms with Crippen LogP contribution in [0.15, 0.2) is 42.5 Å². The van der Waals surface area contributed by atoms with Gasteiger partial charge in [0.2, 0.25) is 0 Å². The normalized spacial score (nSPS) is 18.0. The minimum absolute atomic E-state index is 0.208. The van der Waals surface area contributed by atoms with Gasteiger partial charge >= 0.3 is 0 Å². The first kappa shape index (κ1) is 15.9. The maximum atomic E-state index is 6.08. The monoisotopic (exact) mass is 310 g/mol. The van der Waals surface area contributed by atoms with Gasteiger partial charge in [0.15, 0.2) is 0 Å². The van der Waals surface area contributed by atoms with E-state index in [1.54, 1.807) is 0 Å². The lowest BCUT2D eigenvalue weighted by Crippen LogP contribution is -2.30. The molecule has 0 aromatic heterocycles. The van der Waals surface area contributed by atoms with E-state index in [1.807, 2.05) is 0 Å². The summed E-state index contributed by atoms with van der Waals surface area (Å²) >= 11 is 0. The molecule has 1 heterocycles. The summed E-state index contributed by atoms with van der Waals surface area (Å²) < 4.78 is 6.08. The number of hydrogen-bond acceptors (Lipinski definition) is 3. The first-order valence-corrected chi connectivity index (χ1v) is 8.26. The quantitative estimate of drug-likeness (QED) is 0.856. The van der Waals surface area contributed by atoms with Crippen molar-refractivity contribution in [1.82, 2.24) is 4.90 Å². The van der Waals surface area contributed by atoms with Gasteiger partial charge in [-0.05, 0) is 37.6 Å². The molecule has 3 heteroatoms. The van der Waals surface area contributed by atoms with Gasteiger partial charge < -0.3 is 9.64 Å². The lowest BCUT2D eigenvalue weighted by molar-refractivity contribution is 0.156. The van der Waals surface area contributed by atoms with E-state index in [4.69, 9.17) is 4.74 Å². The summed E-state index contributed by atoms with van der Waals surface area (Å²) in [6, 6.07) is 15.3. The standard InChI is InChI=1S/C20H26N2O/c1-15-5-10-20-18(11-15)14-22(12-16(2)23-20)13-17-6-8-19(9-7-17)21(3)4/h5-11,16H,12-14H2,1-4H3. The average molecular weight is 310 g/mol. The molecule has 3 rings (SSSR count). The summed E-state index contributed by atoms with van der Waals surface area (Å²) in [6.07, 6.45) is 0.208. The fourth-order valence-corrected chi connectivity index (χ4v) is 3.15. The summed E-state index contributed by atoms with van der Waals surface area (Å²) in [4.78, 5) is 4.60. The van der Waals surface area contributed by atoms with E-state index in [9.17, 15) is 0 Å². The zero-order valence-electron chi connectivity index (χ0n) is 14.5. The Morgan fingerprint density at radius 3 is 2.57 bits per heavy atom. The van der Waals surface area contributed by atoms with Crippen molar-refractivity contribution in [2.45, 2.75) is 33.0 Å². The Morgan fingerprint density at radius 2 is 1.87 bits per heavy atom. The van der Waals surface area contributed by atoms with Crippen LogP contribution in [0.1, 0.15) is 23.6 Å². The number of ether oxygens (including phenoxy) is 1. The molecule has 1 aliphatic rings. The average Bonchev–Trinajstić information content (AvgIpc) is 2.65. The third kappa shape index (κ3) is 3.85. The van der Waals surface area contributed by atoms with Crippen LogP contribution in [0.2, 0.25) is 0 Å². The highest BCUT2D eigenvalue weighted by atomic mass is 16.5. The van der Waals surface area contributed by atoms with E-state index < -0.39 is 0 Å². The van der Waals surface area contributed by atoms with Gasteiger partial charge in [-0.15, -0.1) is 0 Å². The van der Waals surface area contributed by atoms with Crippen LogP contribution in [0.25, 0.3) is 0 Å². The Labute approximate surface area is 139 Å². The van der Waals surface area contributed by atoms with Gasteiger partial charge in [-0.2, -0.15) is 0 Å². The van der Waals surface area contributed by atoms with E-state index in [0.717, 1.165) is 25.4 Å². The van der Waals surface area contributed by atoms with Crippen LogP contribution in [0.3, 0.4) is 0 Å². The molecule has 1 unspecified atom stereocenters. The number of hydrogen-bond donors (Lipinski definition) is 0. The molecular formula is C20H26N2O. The van der Waals surface area contributed by atoms with Crippen molar-refractivity contribution in [1.29, 1.82) is 0 Å². The van der Waals surface area contributed by atoms with Gasteiger partial charge in [-0.3, -0.25) is 4.90 Å². The molecule has 0 saturated carbocycles. The fourth-order valence-electron chi connectivity index (χ4n) is 3.15. The van der Waals surface area contributed by atoms with Crippen molar-refractivity contribution in [2.75, 3.05) is 25.5 Å². The maximum Gasteiger partial charge on any atom is 0.124 e.